The highest BCUT2D eigenvalue weighted by Crippen LogP contribution is 2.30. The summed E-state index contributed by atoms with van der Waals surface area (Å²) in [5.74, 6) is 0.164. The van der Waals surface area contributed by atoms with Gasteiger partial charge in [-0.3, -0.25) is 14.9 Å². The van der Waals surface area contributed by atoms with E-state index >= 15 is 0 Å². The van der Waals surface area contributed by atoms with Gasteiger partial charge in [0.25, 0.3) is 11.6 Å². The van der Waals surface area contributed by atoms with Gasteiger partial charge in [0.05, 0.1) is 17.7 Å². The summed E-state index contributed by atoms with van der Waals surface area (Å²) in [6, 6.07) is 20.3. The molecule has 0 heterocycles. The van der Waals surface area contributed by atoms with Crippen LogP contribution in [0.15, 0.2) is 72.8 Å². The van der Waals surface area contributed by atoms with Crippen LogP contribution in [0.3, 0.4) is 0 Å². The minimum Gasteiger partial charge on any atom is -0.495 e. The van der Waals surface area contributed by atoms with Crippen LogP contribution in [-0.4, -0.2) is 17.9 Å². The zero-order valence-electron chi connectivity index (χ0n) is 16.1. The van der Waals surface area contributed by atoms with E-state index in [-0.39, 0.29) is 11.4 Å². The Morgan fingerprint density at radius 2 is 1.69 bits per heavy atom. The number of nitrogens with one attached hydrogen (secondary N) is 2. The van der Waals surface area contributed by atoms with Crippen molar-refractivity contribution >= 4 is 23.0 Å². The van der Waals surface area contributed by atoms with Crippen molar-refractivity contribution in [1.82, 2.24) is 0 Å². The number of methoxy groups -OCH3 is 1. The second-order valence-corrected chi connectivity index (χ2v) is 6.46. The van der Waals surface area contributed by atoms with Gasteiger partial charge in [-0.2, -0.15) is 0 Å². The Hall–Kier alpha value is -3.87. The van der Waals surface area contributed by atoms with Gasteiger partial charge in [-0.1, -0.05) is 48.5 Å². The van der Waals surface area contributed by atoms with E-state index in [1.165, 1.54) is 12.1 Å². The van der Waals surface area contributed by atoms with Crippen molar-refractivity contribution in [3.8, 4) is 5.75 Å². The number of nitro groups is 1. The lowest BCUT2D eigenvalue weighted by molar-refractivity contribution is -0.384. The fraction of sp³-hybridized carbons (Fsp3) is 0.136. The Labute approximate surface area is 168 Å². The number of aryl methyl sites for hydroxylation is 1. The van der Waals surface area contributed by atoms with E-state index < -0.39 is 16.9 Å². The number of rotatable bonds is 7. The van der Waals surface area contributed by atoms with Gasteiger partial charge < -0.3 is 15.4 Å². The number of nitrogens with zero attached hydrogens (tertiary/aromatic N) is 1. The van der Waals surface area contributed by atoms with E-state index in [1.54, 1.807) is 32.2 Å². The number of nitro benzene ring substituents is 1. The summed E-state index contributed by atoms with van der Waals surface area (Å²) < 4.78 is 5.36. The Kier molecular flexibility index (Phi) is 6.09. The summed E-state index contributed by atoms with van der Waals surface area (Å²) >= 11 is 0. The van der Waals surface area contributed by atoms with E-state index in [0.717, 1.165) is 5.56 Å². The maximum Gasteiger partial charge on any atom is 0.293 e. The van der Waals surface area contributed by atoms with Crippen molar-refractivity contribution in [2.45, 2.75) is 13.0 Å². The summed E-state index contributed by atoms with van der Waals surface area (Å²) in [7, 11) is 1.55. The largest absolute Gasteiger partial charge is 0.495 e. The Balaban J connectivity index is 1.95. The SMILES string of the molecule is COc1ccccc1N[C@@H](C(=O)Nc1ccc(C)cc1[N+](=O)[O-])c1ccccc1. The van der Waals surface area contributed by atoms with Crippen LogP contribution in [0.5, 0.6) is 5.75 Å². The van der Waals surface area contributed by atoms with Crippen molar-refractivity contribution in [1.29, 1.82) is 0 Å². The predicted octanol–water partition coefficient (Wildman–Crippen LogP) is 4.70. The first kappa shape index (κ1) is 19.9. The number of para-hydroxylation sites is 2. The molecule has 0 aliphatic rings. The number of hydrogen-bond donors (Lipinski definition) is 2. The third-order valence-electron chi connectivity index (χ3n) is 4.41. The number of ether oxygens (including phenoxy) is 1. The Morgan fingerprint density at radius 3 is 2.38 bits per heavy atom. The van der Waals surface area contributed by atoms with Gasteiger partial charge in [-0.15, -0.1) is 0 Å². The van der Waals surface area contributed by atoms with E-state index in [2.05, 4.69) is 10.6 Å². The molecule has 0 aliphatic heterocycles. The van der Waals surface area contributed by atoms with Crippen LogP contribution in [-0.2, 0) is 4.79 Å². The molecule has 0 spiro atoms. The van der Waals surface area contributed by atoms with E-state index in [4.69, 9.17) is 4.74 Å². The number of anilines is 2. The lowest BCUT2D eigenvalue weighted by Crippen LogP contribution is -2.27. The van der Waals surface area contributed by atoms with Gasteiger partial charge in [0.15, 0.2) is 0 Å². The fourth-order valence-corrected chi connectivity index (χ4v) is 2.97. The summed E-state index contributed by atoms with van der Waals surface area (Å²) in [6.07, 6.45) is 0. The third-order valence-corrected chi connectivity index (χ3v) is 4.41. The van der Waals surface area contributed by atoms with Crippen LogP contribution in [0.1, 0.15) is 17.2 Å². The highest BCUT2D eigenvalue weighted by molar-refractivity contribution is 5.99. The molecule has 1 atom stereocenters. The Morgan fingerprint density at radius 1 is 1.00 bits per heavy atom. The molecule has 3 rings (SSSR count). The molecule has 148 valence electrons. The second kappa shape index (κ2) is 8.88. The molecular formula is C22H21N3O4. The molecule has 7 nitrogen and oxygen atoms in total. The molecule has 0 saturated carbocycles. The lowest BCUT2D eigenvalue weighted by atomic mass is 10.0. The van der Waals surface area contributed by atoms with Crippen LogP contribution in [0, 0.1) is 17.0 Å². The summed E-state index contributed by atoms with van der Waals surface area (Å²) in [4.78, 5) is 24.0. The fourth-order valence-electron chi connectivity index (χ4n) is 2.97. The lowest BCUT2D eigenvalue weighted by Gasteiger charge is -2.21. The van der Waals surface area contributed by atoms with Crippen LogP contribution in [0.25, 0.3) is 0 Å². The standard InChI is InChI=1S/C22H21N3O4/c1-15-12-13-17(19(14-15)25(27)28)24-22(26)21(16-8-4-3-5-9-16)23-18-10-6-7-11-20(18)29-2/h3-14,21,23H,1-2H3,(H,24,26)/t21-/m1/s1. The molecule has 0 fully saturated rings. The molecule has 3 aromatic rings. The topological polar surface area (TPSA) is 93.5 Å². The van der Waals surface area contributed by atoms with Gasteiger partial charge in [0, 0.05) is 6.07 Å². The summed E-state index contributed by atoms with van der Waals surface area (Å²) in [5.41, 5.74) is 2.08. The third kappa shape index (κ3) is 4.70. The molecule has 3 aromatic carbocycles. The van der Waals surface area contributed by atoms with Crippen molar-refractivity contribution in [3.05, 3.63) is 94.0 Å². The van der Waals surface area contributed by atoms with Crippen LogP contribution >= 0.6 is 0 Å². The van der Waals surface area contributed by atoms with Gasteiger partial charge in [0.2, 0.25) is 0 Å². The van der Waals surface area contributed by atoms with E-state index in [1.807, 2.05) is 42.5 Å². The van der Waals surface area contributed by atoms with Gasteiger partial charge in [0.1, 0.15) is 17.5 Å². The minimum absolute atomic E-state index is 0.147. The van der Waals surface area contributed by atoms with E-state index in [9.17, 15) is 14.9 Å². The molecule has 0 bridgehead atoms. The summed E-state index contributed by atoms with van der Waals surface area (Å²) in [5, 5.41) is 17.3. The van der Waals surface area contributed by atoms with Crippen LogP contribution in [0.2, 0.25) is 0 Å². The average molecular weight is 391 g/mol. The number of benzene rings is 3. The number of carbonyl (C=O) groups is 1. The van der Waals surface area contributed by atoms with Crippen LogP contribution < -0.4 is 15.4 Å². The first-order chi connectivity index (χ1) is 14.0. The monoisotopic (exact) mass is 391 g/mol. The molecule has 29 heavy (non-hydrogen) atoms. The molecule has 0 saturated heterocycles. The number of carbonyl (C=O) groups excluding carboxylic acids is 1. The molecule has 0 aliphatic carbocycles. The van der Waals surface area contributed by atoms with Gasteiger partial charge in [-0.25, -0.2) is 0 Å². The first-order valence-corrected chi connectivity index (χ1v) is 9.00. The second-order valence-electron chi connectivity index (χ2n) is 6.46. The predicted molar refractivity (Wildman–Crippen MR) is 112 cm³/mol. The zero-order valence-corrected chi connectivity index (χ0v) is 16.1. The quantitative estimate of drug-likeness (QED) is 0.450. The molecule has 0 unspecified atom stereocenters. The first-order valence-electron chi connectivity index (χ1n) is 9.00. The smallest absolute Gasteiger partial charge is 0.293 e. The molecule has 7 heteroatoms. The molecular weight excluding hydrogens is 370 g/mol. The van der Waals surface area contributed by atoms with Gasteiger partial charge in [-0.05, 0) is 36.2 Å². The molecule has 0 radical (unpaired) electrons. The van der Waals surface area contributed by atoms with Gasteiger partial charge >= 0.3 is 0 Å². The average Bonchev–Trinajstić information content (AvgIpc) is 2.73. The normalized spacial score (nSPS) is 11.4. The number of amides is 1. The van der Waals surface area contributed by atoms with E-state index in [0.29, 0.717) is 17.0 Å². The minimum atomic E-state index is -0.784. The highest BCUT2D eigenvalue weighted by atomic mass is 16.6. The number of hydrogen-bond acceptors (Lipinski definition) is 5. The zero-order chi connectivity index (χ0) is 20.8. The maximum atomic E-state index is 13.1. The highest BCUT2D eigenvalue weighted by Gasteiger charge is 2.24. The molecule has 1 amide bonds. The maximum absolute atomic E-state index is 13.1. The van der Waals surface area contributed by atoms with Crippen molar-refractivity contribution in [3.63, 3.8) is 0 Å². The molecule has 0 aromatic heterocycles. The Bertz CT molecular complexity index is 1020. The summed E-state index contributed by atoms with van der Waals surface area (Å²) in [6.45, 7) is 1.76. The van der Waals surface area contributed by atoms with Crippen molar-refractivity contribution in [2.75, 3.05) is 17.7 Å². The molecule has 2 N–H and O–H groups in total. The van der Waals surface area contributed by atoms with Crippen LogP contribution in [0.4, 0.5) is 17.1 Å². The van der Waals surface area contributed by atoms with Crippen molar-refractivity contribution in [2.24, 2.45) is 0 Å². The van der Waals surface area contributed by atoms with Crippen molar-refractivity contribution < 1.29 is 14.5 Å².